The van der Waals surface area contributed by atoms with Crippen LogP contribution in [-0.2, 0) is 4.79 Å². The van der Waals surface area contributed by atoms with Gasteiger partial charge in [-0.15, -0.1) is 0 Å². The molecule has 140 valence electrons. The molecule has 1 aliphatic heterocycles. The minimum absolute atomic E-state index is 0.0856. The minimum atomic E-state index is -0.780. The summed E-state index contributed by atoms with van der Waals surface area (Å²) in [4.78, 5) is 26.7. The number of carboxylic acids is 1. The average Bonchev–Trinajstić information content (AvgIpc) is 3.62. The van der Waals surface area contributed by atoms with Crippen LogP contribution in [0.4, 0.5) is 0 Å². The SMILES string of the molecule is O=C(O)[C@H]1CN(C(=O)c2cc(C3CC3)nn2-c2ccccc2)C[C@@H]1C1CC1. The lowest BCUT2D eigenvalue weighted by atomic mass is 9.92. The molecule has 3 aliphatic rings. The van der Waals surface area contributed by atoms with Crippen LogP contribution < -0.4 is 0 Å². The van der Waals surface area contributed by atoms with Gasteiger partial charge >= 0.3 is 5.97 Å². The van der Waals surface area contributed by atoms with Gasteiger partial charge < -0.3 is 10.0 Å². The molecule has 6 heteroatoms. The summed E-state index contributed by atoms with van der Waals surface area (Å²) < 4.78 is 1.73. The summed E-state index contributed by atoms with van der Waals surface area (Å²) in [5.74, 6) is -0.332. The maximum atomic E-state index is 13.3. The maximum absolute atomic E-state index is 13.3. The number of aromatic nitrogens is 2. The Kier molecular flexibility index (Phi) is 3.81. The van der Waals surface area contributed by atoms with Gasteiger partial charge in [0, 0.05) is 19.0 Å². The van der Waals surface area contributed by atoms with Crippen LogP contribution in [0.5, 0.6) is 0 Å². The van der Waals surface area contributed by atoms with Gasteiger partial charge in [-0.1, -0.05) is 18.2 Å². The van der Waals surface area contributed by atoms with Crippen LogP contribution in [0.2, 0.25) is 0 Å². The summed E-state index contributed by atoms with van der Waals surface area (Å²) in [7, 11) is 0. The molecule has 5 rings (SSSR count). The molecule has 3 fully saturated rings. The summed E-state index contributed by atoms with van der Waals surface area (Å²) in [6.07, 6.45) is 4.41. The molecule has 0 unspecified atom stereocenters. The number of hydrogen-bond acceptors (Lipinski definition) is 3. The van der Waals surface area contributed by atoms with Crippen LogP contribution in [0, 0.1) is 17.8 Å². The Morgan fingerprint density at radius 2 is 1.78 bits per heavy atom. The van der Waals surface area contributed by atoms with E-state index in [2.05, 4.69) is 0 Å². The van der Waals surface area contributed by atoms with Crippen LogP contribution in [0.25, 0.3) is 5.69 Å². The minimum Gasteiger partial charge on any atom is -0.481 e. The molecule has 1 saturated heterocycles. The molecular weight excluding hydrogens is 342 g/mol. The lowest BCUT2D eigenvalue weighted by molar-refractivity contribution is -0.142. The van der Waals surface area contributed by atoms with Gasteiger partial charge in [-0.3, -0.25) is 9.59 Å². The van der Waals surface area contributed by atoms with E-state index in [1.54, 1.807) is 9.58 Å². The van der Waals surface area contributed by atoms with E-state index in [4.69, 9.17) is 5.10 Å². The van der Waals surface area contributed by atoms with E-state index in [0.717, 1.165) is 37.1 Å². The topological polar surface area (TPSA) is 75.4 Å². The van der Waals surface area contributed by atoms with Crippen molar-refractivity contribution in [2.24, 2.45) is 17.8 Å². The van der Waals surface area contributed by atoms with E-state index in [-0.39, 0.29) is 11.8 Å². The lowest BCUT2D eigenvalue weighted by Crippen LogP contribution is -2.31. The van der Waals surface area contributed by atoms with Crippen molar-refractivity contribution < 1.29 is 14.7 Å². The van der Waals surface area contributed by atoms with Crippen molar-refractivity contribution in [2.45, 2.75) is 31.6 Å². The molecule has 1 N–H and O–H groups in total. The van der Waals surface area contributed by atoms with Crippen LogP contribution in [0.1, 0.15) is 47.8 Å². The summed E-state index contributed by atoms with van der Waals surface area (Å²) in [5.41, 5.74) is 2.37. The van der Waals surface area contributed by atoms with Gasteiger partial charge in [0.1, 0.15) is 5.69 Å². The molecule has 2 heterocycles. The zero-order valence-corrected chi connectivity index (χ0v) is 15.1. The first kappa shape index (κ1) is 16.5. The van der Waals surface area contributed by atoms with Gasteiger partial charge in [-0.25, -0.2) is 4.68 Å². The third kappa shape index (κ3) is 3.03. The number of nitrogens with zero attached hydrogens (tertiary/aromatic N) is 3. The number of carbonyl (C=O) groups excluding carboxylic acids is 1. The molecule has 1 amide bonds. The van der Waals surface area contributed by atoms with Crippen molar-refractivity contribution >= 4 is 11.9 Å². The maximum Gasteiger partial charge on any atom is 0.308 e. The predicted molar refractivity (Wildman–Crippen MR) is 98.8 cm³/mol. The highest BCUT2D eigenvalue weighted by Gasteiger charge is 2.47. The lowest BCUT2D eigenvalue weighted by Gasteiger charge is -2.17. The van der Waals surface area contributed by atoms with Gasteiger partial charge in [0.05, 0.1) is 17.3 Å². The van der Waals surface area contributed by atoms with Crippen molar-refractivity contribution in [1.29, 1.82) is 0 Å². The smallest absolute Gasteiger partial charge is 0.308 e. The second-order valence-electron chi connectivity index (χ2n) is 8.13. The van der Waals surface area contributed by atoms with Gasteiger partial charge in [-0.05, 0) is 55.7 Å². The van der Waals surface area contributed by atoms with Crippen molar-refractivity contribution in [3.63, 3.8) is 0 Å². The summed E-state index contributed by atoms with van der Waals surface area (Å²) in [6, 6.07) is 11.6. The monoisotopic (exact) mass is 365 g/mol. The third-order valence-electron chi connectivity index (χ3n) is 6.14. The molecule has 1 aromatic carbocycles. The normalized spacial score (nSPS) is 25.0. The standard InChI is InChI=1S/C21H23N3O3/c25-20(23-11-16(13-6-7-13)17(12-23)21(26)27)19-10-18(14-8-9-14)22-24(19)15-4-2-1-3-5-15/h1-5,10,13-14,16-17H,6-9,11-12H2,(H,26,27)/t16-,17+/m1/s1. The van der Waals surface area contributed by atoms with Crippen LogP contribution >= 0.6 is 0 Å². The molecule has 2 aliphatic carbocycles. The number of rotatable bonds is 5. The molecule has 27 heavy (non-hydrogen) atoms. The highest BCUT2D eigenvalue weighted by atomic mass is 16.4. The zero-order valence-electron chi connectivity index (χ0n) is 15.1. The van der Waals surface area contributed by atoms with Crippen molar-refractivity contribution in [2.75, 3.05) is 13.1 Å². The number of amides is 1. The number of carbonyl (C=O) groups is 2. The van der Waals surface area contributed by atoms with E-state index in [0.29, 0.717) is 30.6 Å². The number of likely N-dealkylation sites (tertiary alicyclic amines) is 1. The largest absolute Gasteiger partial charge is 0.481 e. The van der Waals surface area contributed by atoms with Crippen molar-refractivity contribution in [3.05, 3.63) is 47.8 Å². The third-order valence-corrected chi connectivity index (χ3v) is 6.14. The molecule has 0 spiro atoms. The van der Waals surface area contributed by atoms with Gasteiger partial charge in [-0.2, -0.15) is 5.10 Å². The predicted octanol–water partition coefficient (Wildman–Crippen LogP) is 2.93. The fourth-order valence-corrected chi connectivity index (χ4v) is 4.32. The molecule has 2 saturated carbocycles. The van der Waals surface area contributed by atoms with Crippen LogP contribution in [0.15, 0.2) is 36.4 Å². The Morgan fingerprint density at radius 1 is 1.04 bits per heavy atom. The van der Waals surface area contributed by atoms with E-state index in [9.17, 15) is 14.7 Å². The van der Waals surface area contributed by atoms with Gasteiger partial charge in [0.2, 0.25) is 0 Å². The molecule has 2 atom stereocenters. The zero-order chi connectivity index (χ0) is 18.5. The Bertz CT molecular complexity index is 883. The molecular formula is C21H23N3O3. The highest BCUT2D eigenvalue weighted by molar-refractivity contribution is 5.94. The second kappa shape index (κ2) is 6.22. The molecule has 0 bridgehead atoms. The first-order valence-corrected chi connectivity index (χ1v) is 9.79. The number of para-hydroxylation sites is 1. The second-order valence-corrected chi connectivity index (χ2v) is 8.13. The number of carboxylic acid groups (broad SMARTS) is 1. The van der Waals surface area contributed by atoms with Gasteiger partial charge in [0.25, 0.3) is 5.91 Å². The Hall–Kier alpha value is -2.63. The van der Waals surface area contributed by atoms with E-state index >= 15 is 0 Å². The van der Waals surface area contributed by atoms with Crippen LogP contribution in [-0.4, -0.2) is 44.8 Å². The number of hydrogen-bond donors (Lipinski definition) is 1. The summed E-state index contributed by atoms with van der Waals surface area (Å²) in [5, 5.41) is 14.3. The number of aliphatic carboxylic acids is 1. The fraction of sp³-hybridized carbons (Fsp3) is 0.476. The fourth-order valence-electron chi connectivity index (χ4n) is 4.32. The summed E-state index contributed by atoms with van der Waals surface area (Å²) >= 11 is 0. The molecule has 0 radical (unpaired) electrons. The molecule has 1 aromatic heterocycles. The average molecular weight is 365 g/mol. The Labute approximate surface area is 157 Å². The first-order valence-electron chi connectivity index (χ1n) is 9.79. The molecule has 6 nitrogen and oxygen atoms in total. The number of benzene rings is 1. The highest BCUT2D eigenvalue weighted by Crippen LogP contribution is 2.44. The molecule has 2 aromatic rings. The van der Waals surface area contributed by atoms with E-state index in [1.807, 2.05) is 36.4 Å². The van der Waals surface area contributed by atoms with E-state index in [1.165, 1.54) is 0 Å². The van der Waals surface area contributed by atoms with E-state index < -0.39 is 11.9 Å². The first-order chi connectivity index (χ1) is 13.1. The Morgan fingerprint density at radius 3 is 2.41 bits per heavy atom. The van der Waals surface area contributed by atoms with Gasteiger partial charge in [0.15, 0.2) is 0 Å². The van der Waals surface area contributed by atoms with Crippen LogP contribution in [0.3, 0.4) is 0 Å². The van der Waals surface area contributed by atoms with Crippen molar-refractivity contribution in [1.82, 2.24) is 14.7 Å². The summed E-state index contributed by atoms with van der Waals surface area (Å²) in [6.45, 7) is 0.841. The van der Waals surface area contributed by atoms with Crippen molar-refractivity contribution in [3.8, 4) is 5.69 Å². The quantitative estimate of drug-likeness (QED) is 0.884. The Balaban J connectivity index is 1.47.